The lowest BCUT2D eigenvalue weighted by atomic mass is 9.96. The van der Waals surface area contributed by atoms with Crippen LogP contribution in [0.1, 0.15) is 28.4 Å². The van der Waals surface area contributed by atoms with Gasteiger partial charge in [0.25, 0.3) is 0 Å². The van der Waals surface area contributed by atoms with Crippen molar-refractivity contribution in [3.05, 3.63) is 70.8 Å². The second-order valence-corrected chi connectivity index (χ2v) is 7.18. The van der Waals surface area contributed by atoms with Crippen LogP contribution >= 0.6 is 34.8 Å². The molecule has 2 aromatic carbocycles. The van der Waals surface area contributed by atoms with E-state index in [9.17, 15) is 5.11 Å². The van der Waals surface area contributed by atoms with Gasteiger partial charge in [-0.2, -0.15) is 0 Å². The topological polar surface area (TPSA) is 20.2 Å². The first kappa shape index (κ1) is 15.7. The molecule has 2 aromatic rings. The molecule has 0 radical (unpaired) electrons. The molecule has 1 nitrogen and oxygen atoms in total. The van der Waals surface area contributed by atoms with E-state index in [1.54, 1.807) is 6.07 Å². The summed E-state index contributed by atoms with van der Waals surface area (Å²) in [5, 5.41) is 10.2. The molecule has 1 N–H and O–H groups in total. The van der Waals surface area contributed by atoms with Crippen molar-refractivity contribution in [2.24, 2.45) is 0 Å². The summed E-state index contributed by atoms with van der Waals surface area (Å²) < 4.78 is -1.73. The SMILES string of the molecule is Cc1cccc(Cc2ccccc2C(O)C(Cl)(Cl)Cl)c1. The van der Waals surface area contributed by atoms with Crippen LogP contribution in [-0.4, -0.2) is 8.90 Å². The molecule has 2 rings (SSSR count). The van der Waals surface area contributed by atoms with Crippen LogP contribution in [0.25, 0.3) is 0 Å². The number of hydrogen-bond donors (Lipinski definition) is 1. The monoisotopic (exact) mass is 328 g/mol. The fraction of sp³-hybridized carbons (Fsp3) is 0.250. The Morgan fingerprint density at radius 2 is 1.75 bits per heavy atom. The lowest BCUT2D eigenvalue weighted by Gasteiger charge is -2.22. The summed E-state index contributed by atoms with van der Waals surface area (Å²) >= 11 is 17.4. The van der Waals surface area contributed by atoms with Gasteiger partial charge in [-0.3, -0.25) is 0 Å². The van der Waals surface area contributed by atoms with Crippen molar-refractivity contribution in [2.75, 3.05) is 0 Å². The molecule has 4 heteroatoms. The molecule has 0 aliphatic heterocycles. The molecule has 0 aliphatic rings. The van der Waals surface area contributed by atoms with Crippen LogP contribution in [0.3, 0.4) is 0 Å². The Kier molecular flexibility index (Phi) is 4.98. The van der Waals surface area contributed by atoms with Gasteiger partial charge in [-0.25, -0.2) is 0 Å². The van der Waals surface area contributed by atoms with Crippen molar-refractivity contribution in [3.8, 4) is 0 Å². The minimum atomic E-state index is -1.73. The average Bonchev–Trinajstić information content (AvgIpc) is 2.37. The van der Waals surface area contributed by atoms with Gasteiger partial charge in [-0.15, -0.1) is 0 Å². The van der Waals surface area contributed by atoms with Crippen molar-refractivity contribution in [1.82, 2.24) is 0 Å². The zero-order chi connectivity index (χ0) is 14.8. The molecule has 0 amide bonds. The summed E-state index contributed by atoms with van der Waals surface area (Å²) in [5.74, 6) is 0. The Bertz CT molecular complexity index is 590. The van der Waals surface area contributed by atoms with Gasteiger partial charge in [0.15, 0.2) is 0 Å². The number of halogens is 3. The van der Waals surface area contributed by atoms with Crippen LogP contribution in [0.5, 0.6) is 0 Å². The van der Waals surface area contributed by atoms with E-state index in [-0.39, 0.29) is 0 Å². The molecule has 1 unspecified atom stereocenters. The minimum absolute atomic E-state index is 0.647. The second kappa shape index (κ2) is 6.36. The van der Waals surface area contributed by atoms with E-state index in [4.69, 9.17) is 34.8 Å². The maximum Gasteiger partial charge on any atom is 0.220 e. The van der Waals surface area contributed by atoms with Crippen LogP contribution in [-0.2, 0) is 6.42 Å². The first-order valence-electron chi connectivity index (χ1n) is 6.26. The normalized spacial score (nSPS) is 13.2. The van der Waals surface area contributed by atoms with Crippen molar-refractivity contribution in [2.45, 2.75) is 23.2 Å². The Labute approximate surface area is 134 Å². The van der Waals surface area contributed by atoms with Crippen molar-refractivity contribution in [3.63, 3.8) is 0 Å². The van der Waals surface area contributed by atoms with E-state index in [2.05, 4.69) is 6.07 Å². The van der Waals surface area contributed by atoms with E-state index in [0.717, 1.165) is 11.1 Å². The van der Waals surface area contributed by atoms with Gasteiger partial charge >= 0.3 is 0 Å². The van der Waals surface area contributed by atoms with Gasteiger partial charge in [0, 0.05) is 0 Å². The van der Waals surface area contributed by atoms with Crippen LogP contribution in [0.4, 0.5) is 0 Å². The number of benzene rings is 2. The molecule has 0 aromatic heterocycles. The molecule has 0 spiro atoms. The molecule has 0 heterocycles. The smallest absolute Gasteiger partial charge is 0.220 e. The number of aliphatic hydroxyl groups excluding tert-OH is 1. The predicted octanol–water partition coefficient (Wildman–Crippen LogP) is 4.99. The number of aryl methyl sites for hydroxylation is 1. The highest BCUT2D eigenvalue weighted by atomic mass is 35.6. The summed E-state index contributed by atoms with van der Waals surface area (Å²) in [4.78, 5) is 0. The Morgan fingerprint density at radius 3 is 2.40 bits per heavy atom. The Morgan fingerprint density at radius 1 is 1.05 bits per heavy atom. The predicted molar refractivity (Wildman–Crippen MR) is 85.7 cm³/mol. The van der Waals surface area contributed by atoms with Gasteiger partial charge in [0.2, 0.25) is 3.79 Å². The zero-order valence-corrected chi connectivity index (χ0v) is 13.3. The highest BCUT2D eigenvalue weighted by Gasteiger charge is 2.33. The molecular weight excluding hydrogens is 315 g/mol. The van der Waals surface area contributed by atoms with Crippen LogP contribution in [0.15, 0.2) is 48.5 Å². The van der Waals surface area contributed by atoms with E-state index >= 15 is 0 Å². The van der Waals surface area contributed by atoms with Gasteiger partial charge in [0.05, 0.1) is 0 Å². The van der Waals surface area contributed by atoms with Gasteiger partial charge in [0.1, 0.15) is 6.10 Å². The molecule has 0 bridgehead atoms. The molecule has 0 aliphatic carbocycles. The summed E-state index contributed by atoms with van der Waals surface area (Å²) in [6.45, 7) is 2.05. The maximum absolute atomic E-state index is 10.2. The van der Waals surface area contributed by atoms with E-state index in [1.165, 1.54) is 5.56 Å². The molecule has 20 heavy (non-hydrogen) atoms. The number of hydrogen-bond acceptors (Lipinski definition) is 1. The van der Waals surface area contributed by atoms with Gasteiger partial charge < -0.3 is 5.11 Å². The third-order valence-electron chi connectivity index (χ3n) is 3.14. The molecule has 106 valence electrons. The first-order valence-corrected chi connectivity index (χ1v) is 7.39. The number of alkyl halides is 3. The van der Waals surface area contributed by atoms with E-state index in [0.29, 0.717) is 12.0 Å². The Balaban J connectivity index is 2.33. The van der Waals surface area contributed by atoms with E-state index < -0.39 is 9.90 Å². The van der Waals surface area contributed by atoms with Gasteiger partial charge in [-0.1, -0.05) is 88.9 Å². The first-order chi connectivity index (χ1) is 9.38. The second-order valence-electron chi connectivity index (χ2n) is 4.81. The zero-order valence-electron chi connectivity index (χ0n) is 11.0. The fourth-order valence-electron chi connectivity index (χ4n) is 2.18. The minimum Gasteiger partial charge on any atom is -0.384 e. The van der Waals surface area contributed by atoms with Crippen LogP contribution in [0, 0.1) is 6.92 Å². The Hall–Kier alpha value is -0.730. The number of aliphatic hydroxyl groups is 1. The largest absolute Gasteiger partial charge is 0.384 e. The summed E-state index contributed by atoms with van der Waals surface area (Å²) in [5.41, 5.74) is 3.96. The van der Waals surface area contributed by atoms with Crippen molar-refractivity contribution >= 4 is 34.8 Å². The van der Waals surface area contributed by atoms with E-state index in [1.807, 2.05) is 43.3 Å². The van der Waals surface area contributed by atoms with Crippen molar-refractivity contribution in [1.29, 1.82) is 0 Å². The maximum atomic E-state index is 10.2. The quantitative estimate of drug-likeness (QED) is 0.787. The molecule has 1 atom stereocenters. The summed E-state index contributed by atoms with van der Waals surface area (Å²) in [6, 6.07) is 15.7. The van der Waals surface area contributed by atoms with Crippen molar-refractivity contribution < 1.29 is 5.11 Å². The third kappa shape index (κ3) is 3.89. The fourth-order valence-corrected chi connectivity index (χ4v) is 2.53. The third-order valence-corrected chi connectivity index (χ3v) is 3.76. The molecule has 0 saturated carbocycles. The highest BCUT2D eigenvalue weighted by Crippen LogP contribution is 2.40. The lowest BCUT2D eigenvalue weighted by Crippen LogP contribution is -2.18. The summed E-state index contributed by atoms with van der Waals surface area (Å²) in [7, 11) is 0. The molecule has 0 saturated heterocycles. The summed E-state index contributed by atoms with van der Waals surface area (Å²) in [6.07, 6.45) is -0.455. The number of rotatable bonds is 3. The van der Waals surface area contributed by atoms with Gasteiger partial charge in [-0.05, 0) is 30.0 Å². The average molecular weight is 330 g/mol. The van der Waals surface area contributed by atoms with Crippen LogP contribution in [0.2, 0.25) is 0 Å². The van der Waals surface area contributed by atoms with Crippen LogP contribution < -0.4 is 0 Å². The standard InChI is InChI=1S/C16H15Cl3O/c1-11-5-4-6-12(9-11)10-13-7-2-3-8-14(13)15(20)16(17,18)19/h2-9,15,20H,10H2,1H3. The molecule has 0 fully saturated rings. The lowest BCUT2D eigenvalue weighted by molar-refractivity contribution is 0.181. The highest BCUT2D eigenvalue weighted by molar-refractivity contribution is 6.68. The molecular formula is C16H15Cl3O.